The van der Waals surface area contributed by atoms with Crippen molar-refractivity contribution in [2.75, 3.05) is 6.61 Å². The number of halogens is 1. The smallest absolute Gasteiger partial charge is 0.316 e. The Morgan fingerprint density at radius 3 is 2.29 bits per heavy atom. The first-order chi connectivity index (χ1) is 7.92. The summed E-state index contributed by atoms with van der Waals surface area (Å²) in [5.41, 5.74) is 0.0522. The van der Waals surface area contributed by atoms with E-state index in [4.69, 9.17) is 4.74 Å². The minimum atomic E-state index is -0.732. The Kier molecular flexibility index (Phi) is 4.27. The van der Waals surface area contributed by atoms with Gasteiger partial charge in [0.05, 0.1) is 12.0 Å². The van der Waals surface area contributed by atoms with Gasteiger partial charge in [0.25, 0.3) is 0 Å². The topological polar surface area (TPSA) is 26.3 Å². The van der Waals surface area contributed by atoms with Crippen LogP contribution in [0.25, 0.3) is 0 Å². The van der Waals surface area contributed by atoms with Gasteiger partial charge in [-0.1, -0.05) is 26.0 Å². The van der Waals surface area contributed by atoms with Gasteiger partial charge in [-0.2, -0.15) is 0 Å². The number of benzene rings is 1. The first-order valence-electron chi connectivity index (χ1n) is 5.86. The molecule has 0 N–H and O–H groups in total. The SMILES string of the molecule is CCOC(=O)C(C)(c1ccc(F)cc1)C(C)C. The molecule has 0 saturated carbocycles. The molecule has 0 radical (unpaired) electrons. The lowest BCUT2D eigenvalue weighted by atomic mass is 9.73. The maximum absolute atomic E-state index is 12.9. The van der Waals surface area contributed by atoms with Crippen molar-refractivity contribution < 1.29 is 13.9 Å². The van der Waals surface area contributed by atoms with E-state index in [1.807, 2.05) is 20.8 Å². The van der Waals surface area contributed by atoms with Crippen LogP contribution in [0.2, 0.25) is 0 Å². The Balaban J connectivity index is 3.16. The van der Waals surface area contributed by atoms with Crippen molar-refractivity contribution in [3.05, 3.63) is 35.6 Å². The zero-order valence-electron chi connectivity index (χ0n) is 10.8. The van der Waals surface area contributed by atoms with Crippen molar-refractivity contribution >= 4 is 5.97 Å². The lowest BCUT2D eigenvalue weighted by Crippen LogP contribution is -2.39. The Morgan fingerprint density at radius 2 is 1.88 bits per heavy atom. The van der Waals surface area contributed by atoms with Gasteiger partial charge < -0.3 is 4.74 Å². The number of hydrogen-bond acceptors (Lipinski definition) is 2. The van der Waals surface area contributed by atoms with Crippen LogP contribution in [0.5, 0.6) is 0 Å². The maximum atomic E-state index is 12.9. The highest BCUT2D eigenvalue weighted by Crippen LogP contribution is 2.33. The van der Waals surface area contributed by atoms with Gasteiger partial charge in [-0.3, -0.25) is 4.79 Å². The minimum absolute atomic E-state index is 0.0759. The molecule has 0 spiro atoms. The highest BCUT2D eigenvalue weighted by Gasteiger charge is 2.39. The Bertz CT molecular complexity index is 384. The van der Waals surface area contributed by atoms with Crippen molar-refractivity contribution in [1.82, 2.24) is 0 Å². The van der Waals surface area contributed by atoms with Crippen LogP contribution in [0.15, 0.2) is 24.3 Å². The van der Waals surface area contributed by atoms with E-state index in [2.05, 4.69) is 0 Å². The third kappa shape index (κ3) is 2.65. The van der Waals surface area contributed by atoms with Gasteiger partial charge in [0.15, 0.2) is 0 Å². The molecule has 1 atom stereocenters. The molecule has 3 heteroatoms. The van der Waals surface area contributed by atoms with Crippen LogP contribution in [0.3, 0.4) is 0 Å². The molecule has 0 aliphatic carbocycles. The van der Waals surface area contributed by atoms with Crippen LogP contribution < -0.4 is 0 Å². The predicted octanol–water partition coefficient (Wildman–Crippen LogP) is 3.30. The fourth-order valence-electron chi connectivity index (χ4n) is 1.76. The van der Waals surface area contributed by atoms with Gasteiger partial charge in [0.1, 0.15) is 5.82 Å². The molecule has 2 nitrogen and oxygen atoms in total. The van der Waals surface area contributed by atoms with Crippen LogP contribution in [-0.4, -0.2) is 12.6 Å². The van der Waals surface area contributed by atoms with E-state index in [0.29, 0.717) is 6.61 Å². The van der Waals surface area contributed by atoms with Crippen LogP contribution in [0.1, 0.15) is 33.3 Å². The molecule has 0 aliphatic rings. The van der Waals surface area contributed by atoms with E-state index >= 15 is 0 Å². The average molecular weight is 238 g/mol. The number of ether oxygens (including phenoxy) is 1. The summed E-state index contributed by atoms with van der Waals surface area (Å²) < 4.78 is 18.0. The van der Waals surface area contributed by atoms with E-state index in [1.165, 1.54) is 12.1 Å². The molecule has 0 saturated heterocycles. The number of carbonyl (C=O) groups is 1. The zero-order chi connectivity index (χ0) is 13.1. The van der Waals surface area contributed by atoms with Crippen LogP contribution in [0.4, 0.5) is 4.39 Å². The van der Waals surface area contributed by atoms with Crippen LogP contribution in [-0.2, 0) is 14.9 Å². The van der Waals surface area contributed by atoms with Crippen molar-refractivity contribution in [1.29, 1.82) is 0 Å². The van der Waals surface area contributed by atoms with E-state index in [-0.39, 0.29) is 17.7 Å². The summed E-state index contributed by atoms with van der Waals surface area (Å²) >= 11 is 0. The summed E-state index contributed by atoms with van der Waals surface area (Å²) in [5.74, 6) is -0.489. The molecule has 0 bridgehead atoms. The third-order valence-electron chi connectivity index (χ3n) is 3.30. The Hall–Kier alpha value is -1.38. The lowest BCUT2D eigenvalue weighted by molar-refractivity contribution is -0.151. The van der Waals surface area contributed by atoms with E-state index < -0.39 is 5.41 Å². The largest absolute Gasteiger partial charge is 0.465 e. The first kappa shape index (κ1) is 13.7. The summed E-state index contributed by atoms with van der Waals surface area (Å²) in [6.45, 7) is 7.88. The van der Waals surface area contributed by atoms with Crippen molar-refractivity contribution in [3.8, 4) is 0 Å². The summed E-state index contributed by atoms with van der Waals surface area (Å²) in [5, 5.41) is 0. The van der Waals surface area contributed by atoms with Gasteiger partial charge >= 0.3 is 5.97 Å². The Morgan fingerprint density at radius 1 is 1.35 bits per heavy atom. The average Bonchev–Trinajstić information content (AvgIpc) is 2.29. The van der Waals surface area contributed by atoms with Gasteiger partial charge in [-0.05, 0) is 37.5 Å². The zero-order valence-corrected chi connectivity index (χ0v) is 10.8. The van der Waals surface area contributed by atoms with E-state index in [9.17, 15) is 9.18 Å². The van der Waals surface area contributed by atoms with E-state index in [0.717, 1.165) is 5.56 Å². The van der Waals surface area contributed by atoms with Crippen molar-refractivity contribution in [2.24, 2.45) is 5.92 Å². The molecule has 0 aromatic heterocycles. The summed E-state index contributed by atoms with van der Waals surface area (Å²) in [6, 6.07) is 6.03. The number of hydrogen-bond donors (Lipinski definition) is 0. The van der Waals surface area contributed by atoms with Gasteiger partial charge in [-0.25, -0.2) is 4.39 Å². The second-order valence-electron chi connectivity index (χ2n) is 4.58. The third-order valence-corrected chi connectivity index (χ3v) is 3.30. The molecule has 0 heterocycles. The summed E-state index contributed by atoms with van der Waals surface area (Å²) in [4.78, 5) is 12.1. The standard InChI is InChI=1S/C14H19FO2/c1-5-17-13(16)14(4,10(2)3)11-6-8-12(15)9-7-11/h6-10H,5H2,1-4H3. The van der Waals surface area contributed by atoms with Gasteiger partial charge in [0, 0.05) is 0 Å². The number of rotatable bonds is 4. The molecule has 1 rings (SSSR count). The number of esters is 1. The predicted molar refractivity (Wildman–Crippen MR) is 65.2 cm³/mol. The second-order valence-corrected chi connectivity index (χ2v) is 4.58. The molecular formula is C14H19FO2. The lowest BCUT2D eigenvalue weighted by Gasteiger charge is -2.31. The molecule has 17 heavy (non-hydrogen) atoms. The van der Waals surface area contributed by atoms with Gasteiger partial charge in [-0.15, -0.1) is 0 Å². The van der Waals surface area contributed by atoms with Crippen molar-refractivity contribution in [3.63, 3.8) is 0 Å². The monoisotopic (exact) mass is 238 g/mol. The van der Waals surface area contributed by atoms with E-state index in [1.54, 1.807) is 19.1 Å². The second kappa shape index (κ2) is 5.30. The molecular weight excluding hydrogens is 219 g/mol. The normalized spacial score (nSPS) is 14.5. The van der Waals surface area contributed by atoms with Crippen LogP contribution in [0, 0.1) is 11.7 Å². The maximum Gasteiger partial charge on any atom is 0.316 e. The molecule has 0 aliphatic heterocycles. The highest BCUT2D eigenvalue weighted by atomic mass is 19.1. The quantitative estimate of drug-likeness (QED) is 0.752. The molecule has 1 aromatic rings. The molecule has 1 aromatic carbocycles. The fraction of sp³-hybridized carbons (Fsp3) is 0.500. The number of carbonyl (C=O) groups excluding carboxylic acids is 1. The first-order valence-corrected chi connectivity index (χ1v) is 5.86. The fourth-order valence-corrected chi connectivity index (χ4v) is 1.76. The summed E-state index contributed by atoms with van der Waals surface area (Å²) in [6.07, 6.45) is 0. The van der Waals surface area contributed by atoms with Crippen LogP contribution >= 0.6 is 0 Å². The van der Waals surface area contributed by atoms with Gasteiger partial charge in [0.2, 0.25) is 0 Å². The molecule has 0 fully saturated rings. The highest BCUT2D eigenvalue weighted by molar-refractivity contribution is 5.83. The minimum Gasteiger partial charge on any atom is -0.465 e. The molecule has 1 unspecified atom stereocenters. The summed E-state index contributed by atoms with van der Waals surface area (Å²) in [7, 11) is 0. The molecule has 94 valence electrons. The van der Waals surface area contributed by atoms with Crippen molar-refractivity contribution in [2.45, 2.75) is 33.1 Å². The molecule has 0 amide bonds. The Labute approximate surface area is 102 Å².